The largest absolute Gasteiger partial charge is 0.497 e. The molecule has 3 rings (SSSR count). The van der Waals surface area contributed by atoms with Gasteiger partial charge in [0.15, 0.2) is 0 Å². The number of amides is 1. The predicted molar refractivity (Wildman–Crippen MR) is 111 cm³/mol. The molecule has 2 N–H and O–H groups in total. The van der Waals surface area contributed by atoms with Gasteiger partial charge >= 0.3 is 0 Å². The molecular weight excluding hydrogens is 352 g/mol. The molecule has 1 unspecified atom stereocenters. The second-order valence-corrected chi connectivity index (χ2v) is 7.00. The molecule has 0 saturated carbocycles. The van der Waals surface area contributed by atoms with Crippen LogP contribution in [-0.4, -0.2) is 48.8 Å². The summed E-state index contributed by atoms with van der Waals surface area (Å²) in [6, 6.07) is 17.8. The number of hydrogen-bond donors (Lipinski definition) is 2. The van der Waals surface area contributed by atoms with Crippen LogP contribution in [0, 0.1) is 6.92 Å². The summed E-state index contributed by atoms with van der Waals surface area (Å²) in [6.07, 6.45) is 0. The van der Waals surface area contributed by atoms with Crippen molar-refractivity contribution < 1.29 is 9.53 Å². The number of methoxy groups -OCH3 is 1. The molecule has 1 aromatic heterocycles. The van der Waals surface area contributed by atoms with Crippen LogP contribution in [0.4, 0.5) is 0 Å². The fourth-order valence-electron chi connectivity index (χ4n) is 3.04. The molecule has 6 nitrogen and oxygen atoms in total. The standard InChI is InChI=1S/C22H26N4O2/c1-15-8-10-16(11-9-15)21(26(2)3)14-23-22(27)20-13-19(24-25-20)17-6-5-7-18(12-17)28-4/h5-13,21H,14H2,1-4H3,(H,23,27)(H,24,25). The van der Waals surface area contributed by atoms with Crippen molar-refractivity contribution in [3.8, 4) is 17.0 Å². The monoisotopic (exact) mass is 378 g/mol. The van der Waals surface area contributed by atoms with E-state index in [1.54, 1.807) is 13.2 Å². The van der Waals surface area contributed by atoms with Gasteiger partial charge in [-0.2, -0.15) is 5.10 Å². The summed E-state index contributed by atoms with van der Waals surface area (Å²) in [7, 11) is 5.64. The van der Waals surface area contributed by atoms with Gasteiger partial charge in [0.2, 0.25) is 0 Å². The van der Waals surface area contributed by atoms with Gasteiger partial charge in [0, 0.05) is 12.1 Å². The van der Waals surface area contributed by atoms with Crippen molar-refractivity contribution in [3.63, 3.8) is 0 Å². The van der Waals surface area contributed by atoms with Crippen molar-refractivity contribution in [1.82, 2.24) is 20.4 Å². The summed E-state index contributed by atoms with van der Waals surface area (Å²) >= 11 is 0. The molecule has 146 valence electrons. The number of hydrogen-bond acceptors (Lipinski definition) is 4. The lowest BCUT2D eigenvalue weighted by Gasteiger charge is -2.25. The van der Waals surface area contributed by atoms with Gasteiger partial charge in [0.25, 0.3) is 5.91 Å². The Morgan fingerprint density at radius 1 is 1.18 bits per heavy atom. The number of rotatable bonds is 7. The number of aromatic nitrogens is 2. The van der Waals surface area contributed by atoms with E-state index < -0.39 is 0 Å². The number of benzene rings is 2. The van der Waals surface area contributed by atoms with Crippen LogP contribution in [0.1, 0.15) is 27.7 Å². The van der Waals surface area contributed by atoms with Crippen LogP contribution in [0.3, 0.4) is 0 Å². The Labute approximate surface area is 165 Å². The highest BCUT2D eigenvalue weighted by molar-refractivity contribution is 5.93. The minimum Gasteiger partial charge on any atom is -0.497 e. The van der Waals surface area contributed by atoms with Gasteiger partial charge in [0.05, 0.1) is 18.8 Å². The number of nitrogens with one attached hydrogen (secondary N) is 2. The minimum atomic E-state index is -0.180. The highest BCUT2D eigenvalue weighted by Gasteiger charge is 2.17. The molecule has 0 aliphatic heterocycles. The lowest BCUT2D eigenvalue weighted by Crippen LogP contribution is -2.34. The van der Waals surface area contributed by atoms with Crippen molar-refractivity contribution >= 4 is 5.91 Å². The number of aromatic amines is 1. The number of carbonyl (C=O) groups excluding carboxylic acids is 1. The highest BCUT2D eigenvalue weighted by Crippen LogP contribution is 2.23. The summed E-state index contributed by atoms with van der Waals surface area (Å²) in [5.74, 6) is 0.569. The average molecular weight is 378 g/mol. The quantitative estimate of drug-likeness (QED) is 0.661. The van der Waals surface area contributed by atoms with Gasteiger partial charge in [-0.3, -0.25) is 9.89 Å². The maximum Gasteiger partial charge on any atom is 0.269 e. The molecule has 1 heterocycles. The molecule has 0 fully saturated rings. The van der Waals surface area contributed by atoms with Crippen LogP contribution >= 0.6 is 0 Å². The SMILES string of the molecule is COc1cccc(-c2cc(C(=O)NCC(c3ccc(C)cc3)N(C)C)[nH]n2)c1. The zero-order valence-corrected chi connectivity index (χ0v) is 16.7. The summed E-state index contributed by atoms with van der Waals surface area (Å²) < 4.78 is 5.25. The minimum absolute atomic E-state index is 0.0883. The van der Waals surface area contributed by atoms with Crippen molar-refractivity contribution in [2.75, 3.05) is 27.7 Å². The molecule has 0 bridgehead atoms. The first-order chi connectivity index (χ1) is 13.5. The van der Waals surface area contributed by atoms with Gasteiger partial charge < -0.3 is 15.0 Å². The summed E-state index contributed by atoms with van der Waals surface area (Å²) in [5.41, 5.74) is 4.40. The number of nitrogens with zero attached hydrogens (tertiary/aromatic N) is 2. The normalized spacial score (nSPS) is 12.0. The van der Waals surface area contributed by atoms with Crippen LogP contribution in [0.2, 0.25) is 0 Å². The topological polar surface area (TPSA) is 70.2 Å². The Morgan fingerprint density at radius 2 is 1.93 bits per heavy atom. The molecule has 3 aromatic rings. The van der Waals surface area contributed by atoms with Crippen LogP contribution < -0.4 is 10.1 Å². The zero-order chi connectivity index (χ0) is 20.1. The van der Waals surface area contributed by atoms with E-state index in [2.05, 4.69) is 51.6 Å². The molecule has 1 amide bonds. The van der Waals surface area contributed by atoms with Crippen LogP contribution in [0.15, 0.2) is 54.6 Å². The number of carbonyl (C=O) groups is 1. The number of aryl methyl sites for hydroxylation is 1. The first-order valence-corrected chi connectivity index (χ1v) is 9.19. The lowest BCUT2D eigenvalue weighted by molar-refractivity contribution is 0.0937. The number of likely N-dealkylation sites (N-methyl/N-ethyl adjacent to an activating group) is 1. The van der Waals surface area contributed by atoms with E-state index in [1.165, 1.54) is 5.56 Å². The molecular formula is C22H26N4O2. The molecule has 0 spiro atoms. The molecule has 28 heavy (non-hydrogen) atoms. The summed E-state index contributed by atoms with van der Waals surface area (Å²) in [6.45, 7) is 2.57. The van der Waals surface area contributed by atoms with E-state index in [-0.39, 0.29) is 11.9 Å². The predicted octanol–water partition coefficient (Wildman–Crippen LogP) is 3.43. The van der Waals surface area contributed by atoms with Crippen LogP contribution in [0.5, 0.6) is 5.75 Å². The molecule has 0 saturated heterocycles. The van der Waals surface area contributed by atoms with E-state index >= 15 is 0 Å². The molecule has 1 atom stereocenters. The fraction of sp³-hybridized carbons (Fsp3) is 0.273. The number of ether oxygens (including phenoxy) is 1. The second-order valence-electron chi connectivity index (χ2n) is 7.00. The third kappa shape index (κ3) is 4.58. The highest BCUT2D eigenvalue weighted by atomic mass is 16.5. The Hall–Kier alpha value is -3.12. The Morgan fingerprint density at radius 3 is 2.61 bits per heavy atom. The van der Waals surface area contributed by atoms with E-state index in [0.29, 0.717) is 17.9 Å². The molecule has 2 aromatic carbocycles. The van der Waals surface area contributed by atoms with Gasteiger partial charge in [-0.25, -0.2) is 0 Å². The van der Waals surface area contributed by atoms with Crippen molar-refractivity contribution in [3.05, 3.63) is 71.4 Å². The molecule has 0 aliphatic rings. The van der Waals surface area contributed by atoms with E-state index in [0.717, 1.165) is 16.9 Å². The van der Waals surface area contributed by atoms with Crippen LogP contribution in [-0.2, 0) is 0 Å². The number of H-pyrrole nitrogens is 1. The third-order valence-corrected chi connectivity index (χ3v) is 4.73. The van der Waals surface area contributed by atoms with Crippen molar-refractivity contribution in [1.29, 1.82) is 0 Å². The first-order valence-electron chi connectivity index (χ1n) is 9.19. The zero-order valence-electron chi connectivity index (χ0n) is 16.7. The summed E-state index contributed by atoms with van der Waals surface area (Å²) in [5, 5.41) is 10.1. The third-order valence-electron chi connectivity index (χ3n) is 4.73. The van der Waals surface area contributed by atoms with Gasteiger partial charge in [0.1, 0.15) is 11.4 Å². The Kier molecular flexibility index (Phi) is 6.11. The molecule has 0 aliphatic carbocycles. The maximum absolute atomic E-state index is 12.6. The van der Waals surface area contributed by atoms with Gasteiger partial charge in [-0.1, -0.05) is 42.0 Å². The van der Waals surface area contributed by atoms with Crippen molar-refractivity contribution in [2.45, 2.75) is 13.0 Å². The first kappa shape index (κ1) is 19.6. The second kappa shape index (κ2) is 8.71. The smallest absolute Gasteiger partial charge is 0.269 e. The van der Waals surface area contributed by atoms with E-state index in [1.807, 2.05) is 38.4 Å². The summed E-state index contributed by atoms with van der Waals surface area (Å²) in [4.78, 5) is 14.7. The average Bonchev–Trinajstić information content (AvgIpc) is 3.19. The van der Waals surface area contributed by atoms with Gasteiger partial charge in [-0.15, -0.1) is 0 Å². The lowest BCUT2D eigenvalue weighted by atomic mass is 10.0. The van der Waals surface area contributed by atoms with E-state index in [9.17, 15) is 4.79 Å². The maximum atomic E-state index is 12.6. The fourth-order valence-corrected chi connectivity index (χ4v) is 3.04. The Balaban J connectivity index is 1.69. The molecule has 0 radical (unpaired) electrons. The Bertz CT molecular complexity index is 932. The van der Waals surface area contributed by atoms with Crippen LogP contribution in [0.25, 0.3) is 11.3 Å². The molecule has 6 heteroatoms. The van der Waals surface area contributed by atoms with Gasteiger partial charge in [-0.05, 0) is 44.8 Å². The van der Waals surface area contributed by atoms with Crippen molar-refractivity contribution in [2.24, 2.45) is 0 Å². The van der Waals surface area contributed by atoms with E-state index in [4.69, 9.17) is 4.74 Å².